The molecule has 0 unspecified atom stereocenters. The van der Waals surface area contributed by atoms with E-state index in [1.54, 1.807) is 0 Å². The zero-order valence-corrected chi connectivity index (χ0v) is 10.8. The quantitative estimate of drug-likeness (QED) is 0.783. The lowest BCUT2D eigenvalue weighted by molar-refractivity contribution is 0.810. The summed E-state index contributed by atoms with van der Waals surface area (Å²) in [6.07, 6.45) is 2.01. The smallest absolute Gasteiger partial charge is 0.157 e. The van der Waals surface area contributed by atoms with Crippen molar-refractivity contribution in [2.24, 2.45) is 0 Å². The number of pyridine rings is 1. The van der Waals surface area contributed by atoms with E-state index < -0.39 is 0 Å². The highest BCUT2D eigenvalue weighted by atomic mass is 79.9. The fourth-order valence-electron chi connectivity index (χ4n) is 1.56. The molecule has 0 aliphatic carbocycles. The molecule has 80 valence electrons. The van der Waals surface area contributed by atoms with Gasteiger partial charge in [0.15, 0.2) is 11.5 Å². The van der Waals surface area contributed by atoms with Gasteiger partial charge in [0.25, 0.3) is 0 Å². The first-order valence-corrected chi connectivity index (χ1v) is 5.94. The molecule has 0 saturated heterocycles. The van der Waals surface area contributed by atoms with Gasteiger partial charge in [0.1, 0.15) is 4.60 Å². The molecule has 0 spiro atoms. The van der Waals surface area contributed by atoms with Gasteiger partial charge in [-0.05, 0) is 53.4 Å². The summed E-state index contributed by atoms with van der Waals surface area (Å²) in [6, 6.07) is 2.08. The van der Waals surface area contributed by atoms with E-state index in [0.29, 0.717) is 0 Å². The minimum atomic E-state index is 0.920. The number of nitrogens with zero attached hydrogens (tertiary/aromatic N) is 3. The van der Waals surface area contributed by atoms with Gasteiger partial charge in [-0.3, -0.25) is 0 Å². The van der Waals surface area contributed by atoms with E-state index in [0.717, 1.165) is 28.9 Å². The standard InChI is InChI=1S/C11H14BrN3/c1-4-5-9-13-10-6-7(2)8(3)11(12)15(10)14-9/h6H,4-5H2,1-3H3. The number of hydrogen-bond donors (Lipinski definition) is 0. The number of rotatable bonds is 2. The molecule has 0 amide bonds. The average Bonchev–Trinajstić information content (AvgIpc) is 2.58. The summed E-state index contributed by atoms with van der Waals surface area (Å²) >= 11 is 3.56. The Kier molecular flexibility index (Phi) is 2.78. The molecule has 15 heavy (non-hydrogen) atoms. The Bertz CT molecular complexity index is 502. The molecule has 3 nitrogen and oxygen atoms in total. The van der Waals surface area contributed by atoms with Crippen LogP contribution in [0.4, 0.5) is 0 Å². The maximum atomic E-state index is 4.49. The van der Waals surface area contributed by atoms with Crippen molar-refractivity contribution in [2.45, 2.75) is 33.6 Å². The Morgan fingerprint density at radius 2 is 2.13 bits per heavy atom. The molecule has 0 aromatic carbocycles. The number of aryl methyl sites for hydroxylation is 2. The molecular weight excluding hydrogens is 254 g/mol. The molecule has 0 saturated carbocycles. The molecule has 0 radical (unpaired) electrons. The second-order valence-corrected chi connectivity index (χ2v) is 4.54. The molecule has 2 aromatic rings. The molecule has 4 heteroatoms. The van der Waals surface area contributed by atoms with Crippen molar-refractivity contribution in [3.8, 4) is 0 Å². The highest BCUT2D eigenvalue weighted by molar-refractivity contribution is 9.10. The first kappa shape index (κ1) is 10.6. The van der Waals surface area contributed by atoms with Gasteiger partial charge in [0, 0.05) is 6.42 Å². The summed E-state index contributed by atoms with van der Waals surface area (Å²) in [5.74, 6) is 0.920. The lowest BCUT2D eigenvalue weighted by atomic mass is 10.2. The van der Waals surface area contributed by atoms with E-state index in [2.05, 4.69) is 52.9 Å². The van der Waals surface area contributed by atoms with Crippen molar-refractivity contribution in [3.63, 3.8) is 0 Å². The summed E-state index contributed by atoms with van der Waals surface area (Å²) in [5.41, 5.74) is 3.38. The third kappa shape index (κ3) is 1.78. The number of halogens is 1. The summed E-state index contributed by atoms with van der Waals surface area (Å²) in [7, 11) is 0. The van der Waals surface area contributed by atoms with Crippen LogP contribution in [0, 0.1) is 13.8 Å². The lowest BCUT2D eigenvalue weighted by Gasteiger charge is -2.03. The van der Waals surface area contributed by atoms with Crippen LogP contribution in [0.1, 0.15) is 30.3 Å². The number of aromatic nitrogens is 3. The summed E-state index contributed by atoms with van der Waals surface area (Å²) in [4.78, 5) is 4.49. The van der Waals surface area contributed by atoms with Crippen molar-refractivity contribution in [2.75, 3.05) is 0 Å². The fraction of sp³-hybridized carbons (Fsp3) is 0.455. The molecule has 0 aliphatic rings. The third-order valence-corrected chi connectivity index (χ3v) is 3.51. The van der Waals surface area contributed by atoms with E-state index in [1.807, 2.05) is 4.52 Å². The van der Waals surface area contributed by atoms with E-state index in [-0.39, 0.29) is 0 Å². The van der Waals surface area contributed by atoms with E-state index in [9.17, 15) is 0 Å². The third-order valence-electron chi connectivity index (χ3n) is 2.58. The van der Waals surface area contributed by atoms with Gasteiger partial charge in [-0.25, -0.2) is 9.50 Å². The summed E-state index contributed by atoms with van der Waals surface area (Å²) in [5, 5.41) is 4.46. The summed E-state index contributed by atoms with van der Waals surface area (Å²) < 4.78 is 2.88. The molecule has 0 bridgehead atoms. The van der Waals surface area contributed by atoms with Crippen LogP contribution in [0.2, 0.25) is 0 Å². The molecule has 0 fully saturated rings. The Balaban J connectivity index is 2.65. The van der Waals surface area contributed by atoms with Gasteiger partial charge < -0.3 is 0 Å². The fourth-order valence-corrected chi connectivity index (χ4v) is 2.13. The van der Waals surface area contributed by atoms with Gasteiger partial charge in [-0.2, -0.15) is 5.10 Å². The maximum Gasteiger partial charge on any atom is 0.157 e. The van der Waals surface area contributed by atoms with Gasteiger partial charge in [-0.1, -0.05) is 6.92 Å². The van der Waals surface area contributed by atoms with Gasteiger partial charge in [0.2, 0.25) is 0 Å². The molecule has 2 aromatic heterocycles. The molecule has 2 rings (SSSR count). The van der Waals surface area contributed by atoms with Crippen LogP contribution < -0.4 is 0 Å². The van der Waals surface area contributed by atoms with Crippen molar-refractivity contribution in [1.29, 1.82) is 0 Å². The zero-order valence-electron chi connectivity index (χ0n) is 9.21. The van der Waals surface area contributed by atoms with Crippen LogP contribution in [-0.2, 0) is 6.42 Å². The molecule has 2 heterocycles. The Hall–Kier alpha value is -0.900. The minimum absolute atomic E-state index is 0.920. The van der Waals surface area contributed by atoms with E-state index >= 15 is 0 Å². The van der Waals surface area contributed by atoms with Crippen molar-refractivity contribution < 1.29 is 0 Å². The molecule has 0 atom stereocenters. The average molecular weight is 268 g/mol. The monoisotopic (exact) mass is 267 g/mol. The molecule has 0 aliphatic heterocycles. The Morgan fingerprint density at radius 3 is 2.80 bits per heavy atom. The minimum Gasteiger partial charge on any atom is -0.212 e. The van der Waals surface area contributed by atoms with Crippen molar-refractivity contribution in [1.82, 2.24) is 14.6 Å². The van der Waals surface area contributed by atoms with Crippen LogP contribution in [0.25, 0.3) is 5.65 Å². The second-order valence-electron chi connectivity index (χ2n) is 3.79. The van der Waals surface area contributed by atoms with Crippen LogP contribution >= 0.6 is 15.9 Å². The van der Waals surface area contributed by atoms with Crippen LogP contribution in [0.5, 0.6) is 0 Å². The summed E-state index contributed by atoms with van der Waals surface area (Å²) in [6.45, 7) is 6.31. The highest BCUT2D eigenvalue weighted by Gasteiger charge is 2.09. The predicted molar refractivity (Wildman–Crippen MR) is 64.2 cm³/mol. The van der Waals surface area contributed by atoms with Crippen molar-refractivity contribution in [3.05, 3.63) is 27.6 Å². The highest BCUT2D eigenvalue weighted by Crippen LogP contribution is 2.21. The Morgan fingerprint density at radius 1 is 1.40 bits per heavy atom. The molecular formula is C11H14BrN3. The maximum absolute atomic E-state index is 4.49. The zero-order chi connectivity index (χ0) is 11.0. The largest absolute Gasteiger partial charge is 0.212 e. The number of hydrogen-bond acceptors (Lipinski definition) is 2. The second kappa shape index (κ2) is 3.93. The number of fused-ring (bicyclic) bond motifs is 1. The lowest BCUT2D eigenvalue weighted by Crippen LogP contribution is -1.95. The Labute approximate surface area is 97.6 Å². The normalized spacial score (nSPS) is 11.2. The van der Waals surface area contributed by atoms with Gasteiger partial charge in [0.05, 0.1) is 0 Å². The first-order chi connectivity index (χ1) is 7.13. The van der Waals surface area contributed by atoms with E-state index in [1.165, 1.54) is 11.1 Å². The van der Waals surface area contributed by atoms with Gasteiger partial charge >= 0.3 is 0 Å². The van der Waals surface area contributed by atoms with Gasteiger partial charge in [-0.15, -0.1) is 0 Å². The molecule has 0 N–H and O–H groups in total. The predicted octanol–water partition coefficient (Wildman–Crippen LogP) is 3.06. The van der Waals surface area contributed by atoms with Crippen molar-refractivity contribution >= 4 is 21.6 Å². The topological polar surface area (TPSA) is 30.2 Å². The van der Waals surface area contributed by atoms with Crippen LogP contribution in [0.15, 0.2) is 10.7 Å². The van der Waals surface area contributed by atoms with Crippen LogP contribution in [-0.4, -0.2) is 14.6 Å². The first-order valence-electron chi connectivity index (χ1n) is 5.15. The SMILES string of the molecule is CCCc1nc2cc(C)c(C)c(Br)n2n1. The van der Waals surface area contributed by atoms with E-state index in [4.69, 9.17) is 0 Å². The van der Waals surface area contributed by atoms with Crippen LogP contribution in [0.3, 0.4) is 0 Å².